The number of furan rings is 1. The standard InChI is InChI=1S/C15H10BrFINO/c16-9-4-5-12(18)10(7-9)14(19)13-6-8-2-1-3-11(17)15(8)20-13/h1-7,14H,19H2. The van der Waals surface area contributed by atoms with E-state index in [1.54, 1.807) is 12.1 Å². The molecule has 1 heterocycles. The summed E-state index contributed by atoms with van der Waals surface area (Å²) in [5.41, 5.74) is 7.45. The summed E-state index contributed by atoms with van der Waals surface area (Å²) in [6.45, 7) is 0. The van der Waals surface area contributed by atoms with Crippen molar-refractivity contribution in [3.8, 4) is 0 Å². The molecule has 1 unspecified atom stereocenters. The van der Waals surface area contributed by atoms with Crippen molar-refractivity contribution in [2.45, 2.75) is 6.04 Å². The third kappa shape index (κ3) is 2.49. The fourth-order valence-corrected chi connectivity index (χ4v) is 3.16. The SMILES string of the molecule is NC(c1cc2cccc(F)c2o1)c1cc(Br)ccc1I. The molecule has 5 heteroatoms. The molecule has 0 amide bonds. The van der Waals surface area contributed by atoms with Gasteiger partial charge in [0.2, 0.25) is 0 Å². The minimum Gasteiger partial charge on any atom is -0.456 e. The van der Waals surface area contributed by atoms with Gasteiger partial charge in [0.05, 0.1) is 6.04 Å². The molecule has 1 aromatic heterocycles. The van der Waals surface area contributed by atoms with E-state index in [0.717, 1.165) is 19.0 Å². The molecule has 3 aromatic rings. The highest BCUT2D eigenvalue weighted by Gasteiger charge is 2.18. The molecule has 0 aliphatic carbocycles. The van der Waals surface area contributed by atoms with E-state index in [4.69, 9.17) is 10.2 Å². The highest BCUT2D eigenvalue weighted by atomic mass is 127. The van der Waals surface area contributed by atoms with E-state index in [1.165, 1.54) is 6.07 Å². The Balaban J connectivity index is 2.10. The van der Waals surface area contributed by atoms with Crippen molar-refractivity contribution >= 4 is 49.5 Å². The summed E-state index contributed by atoms with van der Waals surface area (Å²) in [5, 5.41) is 0.723. The van der Waals surface area contributed by atoms with Gasteiger partial charge in [-0.05, 0) is 58.5 Å². The number of benzene rings is 2. The molecule has 2 aromatic carbocycles. The van der Waals surface area contributed by atoms with E-state index >= 15 is 0 Å². The molecule has 0 saturated carbocycles. The Labute approximate surface area is 137 Å². The lowest BCUT2D eigenvalue weighted by atomic mass is 10.1. The molecule has 0 aliphatic rings. The van der Waals surface area contributed by atoms with Crippen molar-refractivity contribution in [3.05, 3.63) is 67.6 Å². The predicted molar refractivity (Wildman–Crippen MR) is 89.1 cm³/mol. The Morgan fingerprint density at radius 1 is 1.20 bits per heavy atom. The van der Waals surface area contributed by atoms with Crippen LogP contribution in [0.1, 0.15) is 17.4 Å². The molecule has 0 saturated heterocycles. The summed E-state index contributed by atoms with van der Waals surface area (Å²) in [5.74, 6) is 0.186. The zero-order chi connectivity index (χ0) is 14.3. The van der Waals surface area contributed by atoms with E-state index in [9.17, 15) is 4.39 Å². The van der Waals surface area contributed by atoms with Gasteiger partial charge in [-0.25, -0.2) is 4.39 Å². The second kappa shape index (κ2) is 5.46. The summed E-state index contributed by atoms with van der Waals surface area (Å²) in [6, 6.07) is 12.1. The number of halogens is 3. The maximum atomic E-state index is 13.7. The fourth-order valence-electron chi connectivity index (χ4n) is 2.11. The smallest absolute Gasteiger partial charge is 0.169 e. The minimum absolute atomic E-state index is 0.253. The van der Waals surface area contributed by atoms with Gasteiger partial charge in [-0.3, -0.25) is 0 Å². The predicted octanol–water partition coefficient (Wildman–Crippen LogP) is 4.99. The van der Waals surface area contributed by atoms with Crippen molar-refractivity contribution in [3.63, 3.8) is 0 Å². The Bertz CT molecular complexity index is 787. The monoisotopic (exact) mass is 445 g/mol. The lowest BCUT2D eigenvalue weighted by Gasteiger charge is -2.11. The highest BCUT2D eigenvalue weighted by Crippen LogP contribution is 2.31. The average Bonchev–Trinajstić information content (AvgIpc) is 2.86. The van der Waals surface area contributed by atoms with Crippen LogP contribution in [0.3, 0.4) is 0 Å². The summed E-state index contributed by atoms with van der Waals surface area (Å²) >= 11 is 5.66. The number of para-hydroxylation sites is 1. The molecule has 0 radical (unpaired) electrons. The maximum absolute atomic E-state index is 13.7. The largest absolute Gasteiger partial charge is 0.456 e. The average molecular weight is 446 g/mol. The Morgan fingerprint density at radius 3 is 2.75 bits per heavy atom. The number of rotatable bonds is 2. The first kappa shape index (κ1) is 14.0. The third-order valence-electron chi connectivity index (χ3n) is 3.11. The fraction of sp³-hybridized carbons (Fsp3) is 0.0667. The molecular weight excluding hydrogens is 436 g/mol. The van der Waals surface area contributed by atoms with Crippen LogP contribution in [0.4, 0.5) is 4.39 Å². The summed E-state index contributed by atoms with van der Waals surface area (Å²) in [6.07, 6.45) is 0. The van der Waals surface area contributed by atoms with Gasteiger partial charge in [-0.1, -0.05) is 28.1 Å². The van der Waals surface area contributed by atoms with Crippen molar-refractivity contribution in [1.82, 2.24) is 0 Å². The number of hydrogen-bond donors (Lipinski definition) is 1. The van der Waals surface area contributed by atoms with Crippen LogP contribution in [0, 0.1) is 9.39 Å². The van der Waals surface area contributed by atoms with Crippen molar-refractivity contribution < 1.29 is 8.81 Å². The Hall–Kier alpha value is -0.920. The van der Waals surface area contributed by atoms with Gasteiger partial charge in [0.1, 0.15) is 5.76 Å². The first-order valence-corrected chi connectivity index (χ1v) is 7.82. The van der Waals surface area contributed by atoms with Gasteiger partial charge in [0.15, 0.2) is 11.4 Å². The van der Waals surface area contributed by atoms with E-state index in [-0.39, 0.29) is 11.4 Å². The molecule has 102 valence electrons. The van der Waals surface area contributed by atoms with Crippen LogP contribution in [-0.4, -0.2) is 0 Å². The summed E-state index contributed by atoms with van der Waals surface area (Å²) in [7, 11) is 0. The lowest BCUT2D eigenvalue weighted by Crippen LogP contribution is -2.12. The first-order valence-electron chi connectivity index (χ1n) is 5.95. The van der Waals surface area contributed by atoms with Crippen molar-refractivity contribution in [2.24, 2.45) is 5.73 Å². The zero-order valence-electron chi connectivity index (χ0n) is 10.2. The van der Waals surface area contributed by atoms with Crippen molar-refractivity contribution in [2.75, 3.05) is 0 Å². The van der Waals surface area contributed by atoms with Crippen LogP contribution in [0.2, 0.25) is 0 Å². The van der Waals surface area contributed by atoms with Gasteiger partial charge in [-0.2, -0.15) is 0 Å². The van der Waals surface area contributed by atoms with E-state index < -0.39 is 6.04 Å². The number of nitrogens with two attached hydrogens (primary N) is 1. The molecule has 0 spiro atoms. The minimum atomic E-state index is -0.425. The number of fused-ring (bicyclic) bond motifs is 1. The highest BCUT2D eigenvalue weighted by molar-refractivity contribution is 14.1. The molecule has 3 rings (SSSR count). The topological polar surface area (TPSA) is 39.2 Å². The van der Waals surface area contributed by atoms with Crippen LogP contribution in [-0.2, 0) is 0 Å². The summed E-state index contributed by atoms with van der Waals surface area (Å²) in [4.78, 5) is 0. The quantitative estimate of drug-likeness (QED) is 0.564. The van der Waals surface area contributed by atoms with Crippen molar-refractivity contribution in [1.29, 1.82) is 0 Å². The Kier molecular flexibility index (Phi) is 3.83. The molecule has 20 heavy (non-hydrogen) atoms. The van der Waals surface area contributed by atoms with Gasteiger partial charge >= 0.3 is 0 Å². The lowest BCUT2D eigenvalue weighted by molar-refractivity contribution is 0.501. The van der Waals surface area contributed by atoms with E-state index in [2.05, 4.69) is 38.5 Å². The molecular formula is C15H10BrFINO. The van der Waals surface area contributed by atoms with E-state index in [1.807, 2.05) is 24.3 Å². The van der Waals surface area contributed by atoms with Gasteiger partial charge in [-0.15, -0.1) is 0 Å². The summed E-state index contributed by atoms with van der Waals surface area (Å²) < 4.78 is 21.2. The Morgan fingerprint density at radius 2 is 2.00 bits per heavy atom. The van der Waals surface area contributed by atoms with Crippen LogP contribution in [0.5, 0.6) is 0 Å². The molecule has 0 aliphatic heterocycles. The first-order chi connectivity index (χ1) is 9.56. The third-order valence-corrected chi connectivity index (χ3v) is 4.59. The second-order valence-electron chi connectivity index (χ2n) is 4.45. The molecule has 2 N–H and O–H groups in total. The van der Waals surface area contributed by atoms with Gasteiger partial charge in [0, 0.05) is 13.4 Å². The molecule has 0 bridgehead atoms. The van der Waals surface area contributed by atoms with E-state index in [0.29, 0.717) is 5.76 Å². The zero-order valence-corrected chi connectivity index (χ0v) is 14.0. The van der Waals surface area contributed by atoms with Gasteiger partial charge < -0.3 is 10.2 Å². The van der Waals surface area contributed by atoms with Crippen LogP contribution in [0.15, 0.2) is 51.4 Å². The van der Waals surface area contributed by atoms with Gasteiger partial charge in [0.25, 0.3) is 0 Å². The molecule has 1 atom stereocenters. The van der Waals surface area contributed by atoms with Crippen LogP contribution >= 0.6 is 38.5 Å². The van der Waals surface area contributed by atoms with Crippen LogP contribution < -0.4 is 5.73 Å². The maximum Gasteiger partial charge on any atom is 0.169 e. The normalized spacial score (nSPS) is 12.8. The number of hydrogen-bond acceptors (Lipinski definition) is 2. The molecule has 2 nitrogen and oxygen atoms in total. The second-order valence-corrected chi connectivity index (χ2v) is 6.53. The molecule has 0 fully saturated rings. The van der Waals surface area contributed by atoms with Crippen LogP contribution in [0.25, 0.3) is 11.0 Å².